The second-order valence-electron chi connectivity index (χ2n) is 12.4. The van der Waals surface area contributed by atoms with Crippen molar-refractivity contribution in [2.24, 2.45) is 0 Å². The van der Waals surface area contributed by atoms with Crippen LogP contribution in [0.2, 0.25) is 0 Å². The van der Waals surface area contributed by atoms with Crippen LogP contribution >= 0.6 is 0 Å². The first-order valence-electron chi connectivity index (χ1n) is 16.2. The zero-order valence-electron chi connectivity index (χ0n) is 25.6. The third kappa shape index (κ3) is 3.49. The van der Waals surface area contributed by atoms with Crippen LogP contribution in [-0.4, -0.2) is 0 Å². The predicted molar refractivity (Wildman–Crippen MR) is 198 cm³/mol. The number of fused-ring (bicyclic) bond motifs is 13. The van der Waals surface area contributed by atoms with Crippen LogP contribution in [0.15, 0.2) is 165 Å². The molecule has 0 N–H and O–H groups in total. The minimum absolute atomic E-state index is 0.812. The van der Waals surface area contributed by atoms with Crippen LogP contribution in [-0.2, 0) is 0 Å². The predicted octanol–water partition coefficient (Wildman–Crippen LogP) is 13.2. The van der Waals surface area contributed by atoms with E-state index in [-0.39, 0.29) is 0 Å². The van der Waals surface area contributed by atoms with Crippen molar-refractivity contribution in [3.05, 3.63) is 152 Å². The number of hydrogen-bond donors (Lipinski definition) is 0. The Balaban J connectivity index is 1.26. The van der Waals surface area contributed by atoms with E-state index in [0.29, 0.717) is 0 Å². The molecule has 0 unspecified atom stereocenters. The Morgan fingerprint density at radius 1 is 0.333 bits per heavy atom. The standard InChI is InChI=1S/C44H25NO3/c1-2-11-28-26(10-1)24-36(30-13-4-3-12-29(28)30)45(27-20-21-32-31-14-5-7-18-37(31)47-41(32)25-27)35-17-9-16-34-43-40(48-44(34)35)23-22-39-42(43)33-15-6-8-19-38(33)46-39/h1-25H. The van der Waals surface area contributed by atoms with Gasteiger partial charge in [-0.25, -0.2) is 0 Å². The van der Waals surface area contributed by atoms with Crippen molar-refractivity contribution in [2.45, 2.75) is 0 Å². The summed E-state index contributed by atoms with van der Waals surface area (Å²) >= 11 is 0. The number of para-hydroxylation sites is 3. The Labute approximate surface area is 273 Å². The van der Waals surface area contributed by atoms with Gasteiger partial charge in [-0.2, -0.15) is 0 Å². The molecule has 8 aromatic carbocycles. The van der Waals surface area contributed by atoms with E-state index in [4.69, 9.17) is 13.3 Å². The molecular weight excluding hydrogens is 590 g/mol. The minimum atomic E-state index is 0.812. The van der Waals surface area contributed by atoms with Gasteiger partial charge < -0.3 is 18.2 Å². The molecule has 48 heavy (non-hydrogen) atoms. The van der Waals surface area contributed by atoms with E-state index >= 15 is 0 Å². The Kier molecular flexibility index (Phi) is 5.08. The van der Waals surface area contributed by atoms with Gasteiger partial charge in [-0.1, -0.05) is 97.1 Å². The van der Waals surface area contributed by atoms with Crippen molar-refractivity contribution in [1.82, 2.24) is 0 Å². The maximum atomic E-state index is 6.86. The lowest BCUT2D eigenvalue weighted by atomic mass is 9.98. The van der Waals surface area contributed by atoms with Gasteiger partial charge in [0.15, 0.2) is 5.58 Å². The number of nitrogens with zero attached hydrogens (tertiary/aromatic N) is 1. The molecule has 3 heterocycles. The maximum Gasteiger partial charge on any atom is 0.159 e. The highest BCUT2D eigenvalue weighted by molar-refractivity contribution is 6.27. The third-order valence-corrected chi connectivity index (χ3v) is 9.83. The summed E-state index contributed by atoms with van der Waals surface area (Å²) in [5.74, 6) is 0. The number of benzene rings is 8. The largest absolute Gasteiger partial charge is 0.456 e. The van der Waals surface area contributed by atoms with Crippen LogP contribution in [0.1, 0.15) is 0 Å². The van der Waals surface area contributed by atoms with Crippen molar-refractivity contribution >= 4 is 104 Å². The van der Waals surface area contributed by atoms with Gasteiger partial charge in [0.25, 0.3) is 0 Å². The summed E-state index contributed by atoms with van der Waals surface area (Å²) in [6, 6.07) is 53.0. The van der Waals surface area contributed by atoms with Gasteiger partial charge in [0.05, 0.1) is 17.1 Å². The molecule has 0 amide bonds. The van der Waals surface area contributed by atoms with Crippen molar-refractivity contribution in [3.63, 3.8) is 0 Å². The maximum absolute atomic E-state index is 6.86. The van der Waals surface area contributed by atoms with E-state index in [1.807, 2.05) is 36.4 Å². The van der Waals surface area contributed by atoms with Gasteiger partial charge >= 0.3 is 0 Å². The van der Waals surface area contributed by atoms with E-state index in [0.717, 1.165) is 88.3 Å². The second-order valence-corrected chi connectivity index (χ2v) is 12.4. The Hall–Kier alpha value is -6.52. The number of hydrogen-bond acceptors (Lipinski definition) is 4. The normalized spacial score (nSPS) is 12.2. The fraction of sp³-hybridized carbons (Fsp3) is 0. The highest BCUT2D eigenvalue weighted by Crippen LogP contribution is 2.48. The molecule has 4 nitrogen and oxygen atoms in total. The molecule has 11 rings (SSSR count). The summed E-state index contributed by atoms with van der Waals surface area (Å²) in [5.41, 5.74) is 8.06. The van der Waals surface area contributed by atoms with E-state index in [1.54, 1.807) is 0 Å². The van der Waals surface area contributed by atoms with Crippen molar-refractivity contribution < 1.29 is 13.3 Å². The molecule has 0 saturated heterocycles. The lowest BCUT2D eigenvalue weighted by molar-refractivity contribution is 0.663. The molecule has 3 aromatic heterocycles. The van der Waals surface area contributed by atoms with Gasteiger partial charge in [-0.15, -0.1) is 0 Å². The van der Waals surface area contributed by atoms with Crippen LogP contribution in [0.25, 0.3) is 87.4 Å². The number of rotatable bonds is 3. The summed E-state index contributed by atoms with van der Waals surface area (Å²) in [5, 5.41) is 11.2. The molecule has 11 aromatic rings. The van der Waals surface area contributed by atoms with Crippen LogP contribution in [0.5, 0.6) is 0 Å². The van der Waals surface area contributed by atoms with Crippen molar-refractivity contribution in [1.29, 1.82) is 0 Å². The molecule has 0 fully saturated rings. The van der Waals surface area contributed by atoms with Crippen molar-refractivity contribution in [3.8, 4) is 0 Å². The fourth-order valence-corrected chi connectivity index (χ4v) is 7.75. The summed E-state index contributed by atoms with van der Waals surface area (Å²) in [6.45, 7) is 0. The number of anilines is 3. The van der Waals surface area contributed by atoms with E-state index in [9.17, 15) is 0 Å². The summed E-state index contributed by atoms with van der Waals surface area (Å²) in [4.78, 5) is 2.33. The fourth-order valence-electron chi connectivity index (χ4n) is 7.75. The highest BCUT2D eigenvalue weighted by Gasteiger charge is 2.24. The van der Waals surface area contributed by atoms with Crippen molar-refractivity contribution in [2.75, 3.05) is 4.90 Å². The van der Waals surface area contributed by atoms with Crippen LogP contribution < -0.4 is 4.90 Å². The SMILES string of the molecule is c1ccc2c(c1)cc(N(c1ccc3c(c1)oc1ccccc13)c1cccc3c1oc1ccc4oc5ccccc5c4c13)c1ccccc12. The molecule has 0 radical (unpaired) electrons. The average Bonchev–Trinajstić information content (AvgIpc) is 3.83. The molecule has 0 aliphatic rings. The Bertz CT molecular complexity index is 3090. The molecule has 0 bridgehead atoms. The number of furan rings is 3. The smallest absolute Gasteiger partial charge is 0.159 e. The van der Waals surface area contributed by atoms with Crippen LogP contribution in [0.3, 0.4) is 0 Å². The molecular formula is C44H25NO3. The molecule has 0 aliphatic heterocycles. The Morgan fingerprint density at radius 2 is 0.938 bits per heavy atom. The molecule has 4 heteroatoms. The first-order chi connectivity index (χ1) is 23.8. The van der Waals surface area contributed by atoms with Gasteiger partial charge in [-0.3, -0.25) is 0 Å². The van der Waals surface area contributed by atoms with Gasteiger partial charge in [0.1, 0.15) is 27.9 Å². The average molecular weight is 616 g/mol. The summed E-state index contributed by atoms with van der Waals surface area (Å²) < 4.78 is 19.6. The monoisotopic (exact) mass is 615 g/mol. The van der Waals surface area contributed by atoms with E-state index in [2.05, 4.69) is 120 Å². The zero-order chi connectivity index (χ0) is 31.3. The first-order valence-corrected chi connectivity index (χ1v) is 16.2. The summed E-state index contributed by atoms with van der Waals surface area (Å²) in [7, 11) is 0. The zero-order valence-corrected chi connectivity index (χ0v) is 25.6. The second kappa shape index (κ2) is 9.50. The van der Waals surface area contributed by atoms with Crippen LogP contribution in [0, 0.1) is 0 Å². The molecule has 0 atom stereocenters. The lowest BCUT2D eigenvalue weighted by Crippen LogP contribution is -2.11. The topological polar surface area (TPSA) is 42.7 Å². The van der Waals surface area contributed by atoms with E-state index in [1.165, 1.54) is 16.2 Å². The quantitative estimate of drug-likeness (QED) is 0.185. The van der Waals surface area contributed by atoms with Gasteiger partial charge in [0, 0.05) is 43.8 Å². The lowest BCUT2D eigenvalue weighted by Gasteiger charge is -2.27. The van der Waals surface area contributed by atoms with E-state index < -0.39 is 0 Å². The highest BCUT2D eigenvalue weighted by atomic mass is 16.3. The first kappa shape index (κ1) is 25.6. The molecule has 224 valence electrons. The molecule has 0 spiro atoms. The molecule has 0 saturated carbocycles. The minimum Gasteiger partial charge on any atom is -0.456 e. The van der Waals surface area contributed by atoms with Gasteiger partial charge in [0.2, 0.25) is 0 Å². The van der Waals surface area contributed by atoms with Crippen LogP contribution in [0.4, 0.5) is 17.1 Å². The third-order valence-electron chi connectivity index (χ3n) is 9.83. The Morgan fingerprint density at radius 3 is 1.79 bits per heavy atom. The van der Waals surface area contributed by atoms with Gasteiger partial charge in [-0.05, 0) is 64.7 Å². The molecule has 0 aliphatic carbocycles. The summed E-state index contributed by atoms with van der Waals surface area (Å²) in [6.07, 6.45) is 0.